The van der Waals surface area contributed by atoms with Gasteiger partial charge in [-0.3, -0.25) is 10.1 Å². The molecule has 0 spiro atoms. The lowest BCUT2D eigenvalue weighted by Gasteiger charge is -2.02. The van der Waals surface area contributed by atoms with Gasteiger partial charge in [0.05, 0.1) is 4.92 Å². The molecule has 0 amide bonds. The van der Waals surface area contributed by atoms with Crippen LogP contribution in [0.1, 0.15) is 23.1 Å². The second-order valence-electron chi connectivity index (χ2n) is 3.57. The fourth-order valence-electron chi connectivity index (χ4n) is 1.47. The molecule has 0 saturated heterocycles. The molecule has 4 nitrogen and oxygen atoms in total. The number of nitro groups is 1. The number of nitrogens with zero attached hydrogens (tertiary/aromatic N) is 1. The highest BCUT2D eigenvalue weighted by Gasteiger charge is 2.14. The standard InChI is InChI=1S/C12H14N2O2/c1-9-7-10(2)11(5-3-4-6-13)12(8-9)14(15)16/h7-8H,4,6,13H2,1-2H3. The molecule has 0 unspecified atom stereocenters. The quantitative estimate of drug-likeness (QED) is 0.468. The van der Waals surface area contributed by atoms with Gasteiger partial charge in [0.25, 0.3) is 5.69 Å². The first kappa shape index (κ1) is 12.2. The Morgan fingerprint density at radius 2 is 2.12 bits per heavy atom. The van der Waals surface area contributed by atoms with Crippen LogP contribution in [0, 0.1) is 35.8 Å². The summed E-state index contributed by atoms with van der Waals surface area (Å²) in [4.78, 5) is 10.5. The van der Waals surface area contributed by atoms with Gasteiger partial charge in [0.15, 0.2) is 0 Å². The molecule has 1 rings (SSSR count). The number of aryl methyl sites for hydroxylation is 2. The average molecular weight is 218 g/mol. The lowest BCUT2D eigenvalue weighted by molar-refractivity contribution is -0.385. The third kappa shape index (κ3) is 2.81. The molecule has 0 atom stereocenters. The van der Waals surface area contributed by atoms with E-state index in [0.717, 1.165) is 11.1 Å². The molecule has 0 bridgehead atoms. The fraction of sp³-hybridized carbons (Fsp3) is 0.333. The summed E-state index contributed by atoms with van der Waals surface area (Å²) >= 11 is 0. The van der Waals surface area contributed by atoms with E-state index in [4.69, 9.17) is 5.73 Å². The summed E-state index contributed by atoms with van der Waals surface area (Å²) in [6.45, 7) is 4.12. The van der Waals surface area contributed by atoms with Gasteiger partial charge in [-0.2, -0.15) is 0 Å². The Morgan fingerprint density at radius 1 is 1.44 bits per heavy atom. The van der Waals surface area contributed by atoms with Crippen molar-refractivity contribution >= 4 is 5.69 Å². The van der Waals surface area contributed by atoms with Crippen LogP contribution in [-0.4, -0.2) is 11.5 Å². The summed E-state index contributed by atoms with van der Waals surface area (Å²) in [6, 6.07) is 3.43. The van der Waals surface area contributed by atoms with Crippen LogP contribution in [-0.2, 0) is 0 Å². The zero-order valence-corrected chi connectivity index (χ0v) is 9.41. The Balaban J connectivity index is 3.26. The van der Waals surface area contributed by atoms with Crippen molar-refractivity contribution in [3.8, 4) is 11.8 Å². The number of benzene rings is 1. The predicted molar refractivity (Wildman–Crippen MR) is 63.1 cm³/mol. The molecule has 1 aromatic carbocycles. The van der Waals surface area contributed by atoms with Crippen LogP contribution >= 0.6 is 0 Å². The molecular weight excluding hydrogens is 204 g/mol. The monoisotopic (exact) mass is 218 g/mol. The van der Waals surface area contributed by atoms with Gasteiger partial charge in [-0.1, -0.05) is 17.9 Å². The number of hydrogen-bond acceptors (Lipinski definition) is 3. The van der Waals surface area contributed by atoms with E-state index < -0.39 is 4.92 Å². The highest BCUT2D eigenvalue weighted by molar-refractivity contribution is 5.56. The molecule has 0 radical (unpaired) electrons. The van der Waals surface area contributed by atoms with E-state index in [9.17, 15) is 10.1 Å². The average Bonchev–Trinajstić information content (AvgIpc) is 2.20. The van der Waals surface area contributed by atoms with Crippen LogP contribution in [0.2, 0.25) is 0 Å². The largest absolute Gasteiger partial charge is 0.330 e. The maximum atomic E-state index is 10.9. The van der Waals surface area contributed by atoms with Crippen molar-refractivity contribution in [3.63, 3.8) is 0 Å². The zero-order chi connectivity index (χ0) is 12.1. The Kier molecular flexibility index (Phi) is 4.03. The Hall–Kier alpha value is -1.86. The first-order valence-corrected chi connectivity index (χ1v) is 5.01. The van der Waals surface area contributed by atoms with Crippen molar-refractivity contribution in [2.75, 3.05) is 6.54 Å². The van der Waals surface area contributed by atoms with Crippen molar-refractivity contribution in [2.24, 2.45) is 5.73 Å². The molecular formula is C12H14N2O2. The maximum Gasteiger partial charge on any atom is 0.285 e. The van der Waals surface area contributed by atoms with Crippen LogP contribution < -0.4 is 5.73 Å². The molecule has 0 heterocycles. The van der Waals surface area contributed by atoms with Crippen molar-refractivity contribution in [2.45, 2.75) is 20.3 Å². The van der Waals surface area contributed by atoms with Crippen molar-refractivity contribution in [1.29, 1.82) is 0 Å². The summed E-state index contributed by atoms with van der Waals surface area (Å²) in [7, 11) is 0. The molecule has 4 heteroatoms. The van der Waals surface area contributed by atoms with Crippen LogP contribution in [0.5, 0.6) is 0 Å². The van der Waals surface area contributed by atoms with Gasteiger partial charge in [-0.15, -0.1) is 0 Å². The zero-order valence-electron chi connectivity index (χ0n) is 9.41. The first-order valence-electron chi connectivity index (χ1n) is 5.01. The van der Waals surface area contributed by atoms with Crippen molar-refractivity contribution in [3.05, 3.63) is 38.9 Å². The SMILES string of the molecule is Cc1cc(C)c(C#CCCN)c([N+](=O)[O-])c1. The van der Waals surface area contributed by atoms with Crippen LogP contribution in [0.3, 0.4) is 0 Å². The molecule has 0 aliphatic rings. The topological polar surface area (TPSA) is 69.2 Å². The highest BCUT2D eigenvalue weighted by Crippen LogP contribution is 2.23. The molecule has 16 heavy (non-hydrogen) atoms. The van der Waals surface area contributed by atoms with Gasteiger partial charge < -0.3 is 5.73 Å². The van der Waals surface area contributed by atoms with E-state index in [1.54, 1.807) is 6.07 Å². The number of hydrogen-bond donors (Lipinski definition) is 1. The minimum Gasteiger partial charge on any atom is -0.330 e. The molecule has 84 valence electrons. The van der Waals surface area contributed by atoms with E-state index in [2.05, 4.69) is 11.8 Å². The van der Waals surface area contributed by atoms with Gasteiger partial charge in [-0.25, -0.2) is 0 Å². The van der Waals surface area contributed by atoms with Gasteiger partial charge in [0.1, 0.15) is 5.56 Å². The number of nitro benzene ring substituents is 1. The van der Waals surface area contributed by atoms with Crippen molar-refractivity contribution in [1.82, 2.24) is 0 Å². The fourth-order valence-corrected chi connectivity index (χ4v) is 1.47. The van der Waals surface area contributed by atoms with E-state index >= 15 is 0 Å². The van der Waals surface area contributed by atoms with E-state index in [1.807, 2.05) is 19.9 Å². The second kappa shape index (κ2) is 5.29. The summed E-state index contributed by atoms with van der Waals surface area (Å²) in [5.74, 6) is 5.65. The van der Waals surface area contributed by atoms with Gasteiger partial charge in [0.2, 0.25) is 0 Å². The Labute approximate surface area is 94.6 Å². The lowest BCUT2D eigenvalue weighted by Crippen LogP contribution is -1.97. The molecule has 0 fully saturated rings. The minimum atomic E-state index is -0.396. The summed E-state index contributed by atoms with van der Waals surface area (Å²) in [5, 5.41) is 10.9. The Bertz CT molecular complexity index is 470. The van der Waals surface area contributed by atoms with Crippen LogP contribution in [0.25, 0.3) is 0 Å². The van der Waals surface area contributed by atoms with Crippen LogP contribution in [0.4, 0.5) is 5.69 Å². The van der Waals surface area contributed by atoms with E-state index in [-0.39, 0.29) is 5.69 Å². The van der Waals surface area contributed by atoms with Crippen molar-refractivity contribution < 1.29 is 4.92 Å². The highest BCUT2D eigenvalue weighted by atomic mass is 16.6. The predicted octanol–water partition coefficient (Wildman–Crippen LogP) is 1.91. The molecule has 0 aromatic heterocycles. The third-order valence-corrected chi connectivity index (χ3v) is 2.14. The van der Waals surface area contributed by atoms with Gasteiger partial charge >= 0.3 is 0 Å². The normalized spacial score (nSPS) is 9.44. The first-order chi connectivity index (χ1) is 7.56. The summed E-state index contributed by atoms with van der Waals surface area (Å²) in [5.41, 5.74) is 7.58. The second-order valence-corrected chi connectivity index (χ2v) is 3.57. The van der Waals surface area contributed by atoms with Crippen LogP contribution in [0.15, 0.2) is 12.1 Å². The number of nitrogens with two attached hydrogens (primary N) is 1. The summed E-state index contributed by atoms with van der Waals surface area (Å²) in [6.07, 6.45) is 0.546. The maximum absolute atomic E-state index is 10.9. The van der Waals surface area contributed by atoms with Gasteiger partial charge in [-0.05, 0) is 25.0 Å². The molecule has 1 aromatic rings. The Morgan fingerprint density at radius 3 is 2.69 bits per heavy atom. The van der Waals surface area contributed by atoms with E-state index in [1.165, 1.54) is 0 Å². The molecule has 2 N–H and O–H groups in total. The third-order valence-electron chi connectivity index (χ3n) is 2.14. The lowest BCUT2D eigenvalue weighted by atomic mass is 10.0. The molecule has 0 saturated carbocycles. The molecule has 0 aliphatic heterocycles. The number of rotatable bonds is 2. The minimum absolute atomic E-state index is 0.0713. The van der Waals surface area contributed by atoms with Gasteiger partial charge in [0, 0.05) is 19.0 Å². The summed E-state index contributed by atoms with van der Waals surface area (Å²) < 4.78 is 0. The molecule has 0 aliphatic carbocycles. The smallest absolute Gasteiger partial charge is 0.285 e. The van der Waals surface area contributed by atoms with E-state index in [0.29, 0.717) is 18.5 Å².